The summed E-state index contributed by atoms with van der Waals surface area (Å²) in [6, 6.07) is 9.55. The van der Waals surface area contributed by atoms with Crippen LogP contribution >= 0.6 is 0 Å². The third kappa shape index (κ3) is 2.54. The van der Waals surface area contributed by atoms with E-state index in [4.69, 9.17) is 0 Å². The molecule has 2 amide bonds. The van der Waals surface area contributed by atoms with E-state index in [-0.39, 0.29) is 18.2 Å². The first kappa shape index (κ1) is 13.7. The molecule has 0 spiro atoms. The number of imide groups is 1. The molecule has 1 aliphatic heterocycles. The van der Waals surface area contributed by atoms with Crippen molar-refractivity contribution in [2.75, 3.05) is 19.6 Å². The molecule has 0 radical (unpaired) electrons. The van der Waals surface area contributed by atoms with Crippen molar-refractivity contribution < 1.29 is 9.59 Å². The lowest BCUT2D eigenvalue weighted by molar-refractivity contribution is -0.139. The average molecular weight is 260 g/mol. The van der Waals surface area contributed by atoms with E-state index in [1.807, 2.05) is 44.2 Å². The highest BCUT2D eigenvalue weighted by Crippen LogP contribution is 2.35. The van der Waals surface area contributed by atoms with Gasteiger partial charge in [-0.2, -0.15) is 0 Å². The fraction of sp³-hybridized carbons (Fsp3) is 0.467. The van der Waals surface area contributed by atoms with Crippen molar-refractivity contribution in [3.8, 4) is 0 Å². The van der Waals surface area contributed by atoms with Crippen molar-refractivity contribution in [2.45, 2.75) is 25.7 Å². The zero-order valence-corrected chi connectivity index (χ0v) is 11.5. The molecule has 1 aromatic carbocycles. The van der Waals surface area contributed by atoms with Crippen LogP contribution in [-0.2, 0) is 15.0 Å². The van der Waals surface area contributed by atoms with Gasteiger partial charge in [-0.3, -0.25) is 14.5 Å². The van der Waals surface area contributed by atoms with Crippen LogP contribution in [0.4, 0.5) is 0 Å². The normalized spacial score (nSPS) is 23.2. The van der Waals surface area contributed by atoms with Gasteiger partial charge in [0.1, 0.15) is 0 Å². The zero-order chi connectivity index (χ0) is 13.9. The van der Waals surface area contributed by atoms with E-state index in [0.717, 1.165) is 12.1 Å². The summed E-state index contributed by atoms with van der Waals surface area (Å²) in [5.41, 5.74) is 0.212. The van der Waals surface area contributed by atoms with Crippen LogP contribution in [0.2, 0.25) is 0 Å². The largest absolute Gasteiger partial charge is 0.315 e. The molecule has 1 unspecified atom stereocenters. The second-order valence-electron chi connectivity index (χ2n) is 5.08. The van der Waals surface area contributed by atoms with Crippen molar-refractivity contribution >= 4 is 11.8 Å². The van der Waals surface area contributed by atoms with Gasteiger partial charge in [-0.15, -0.1) is 0 Å². The Morgan fingerprint density at radius 3 is 2.58 bits per heavy atom. The standard InChI is InChI=1S/C15H20N2O2/c1-3-16-9-10-17-13(18)11-15(2,14(17)19)12-7-5-4-6-8-12/h4-8,16H,3,9-11H2,1-2H3. The lowest BCUT2D eigenvalue weighted by Gasteiger charge is -2.22. The highest BCUT2D eigenvalue weighted by Gasteiger charge is 2.48. The number of rotatable bonds is 5. The molecule has 0 saturated carbocycles. The van der Waals surface area contributed by atoms with Crippen LogP contribution in [0.1, 0.15) is 25.8 Å². The smallest absolute Gasteiger partial charge is 0.240 e. The number of carbonyl (C=O) groups is 2. The summed E-state index contributed by atoms with van der Waals surface area (Å²) in [4.78, 5) is 25.9. The molecule has 1 heterocycles. The van der Waals surface area contributed by atoms with Crippen LogP contribution in [0.15, 0.2) is 30.3 Å². The van der Waals surface area contributed by atoms with Crippen molar-refractivity contribution in [3.05, 3.63) is 35.9 Å². The van der Waals surface area contributed by atoms with Gasteiger partial charge < -0.3 is 5.32 Å². The monoisotopic (exact) mass is 260 g/mol. The van der Waals surface area contributed by atoms with Gasteiger partial charge in [0.05, 0.1) is 5.41 Å². The predicted octanol–water partition coefficient (Wildman–Crippen LogP) is 1.31. The molecular weight excluding hydrogens is 240 g/mol. The summed E-state index contributed by atoms with van der Waals surface area (Å²) >= 11 is 0. The summed E-state index contributed by atoms with van der Waals surface area (Å²) in [5, 5.41) is 3.14. The number of carbonyl (C=O) groups excluding carboxylic acids is 2. The van der Waals surface area contributed by atoms with E-state index in [1.54, 1.807) is 0 Å². The third-order valence-electron chi connectivity index (χ3n) is 3.70. The van der Waals surface area contributed by atoms with E-state index in [1.165, 1.54) is 4.90 Å². The van der Waals surface area contributed by atoms with Gasteiger partial charge in [0.25, 0.3) is 0 Å². The molecule has 1 atom stereocenters. The van der Waals surface area contributed by atoms with E-state index < -0.39 is 5.41 Å². The predicted molar refractivity (Wildman–Crippen MR) is 73.7 cm³/mol. The first-order valence-electron chi connectivity index (χ1n) is 6.70. The van der Waals surface area contributed by atoms with Gasteiger partial charge in [-0.1, -0.05) is 37.3 Å². The maximum atomic E-state index is 12.5. The number of nitrogens with zero attached hydrogens (tertiary/aromatic N) is 1. The molecule has 2 rings (SSSR count). The molecule has 1 fully saturated rings. The van der Waals surface area contributed by atoms with Crippen LogP contribution < -0.4 is 5.32 Å². The second kappa shape index (κ2) is 5.53. The molecule has 0 bridgehead atoms. The Balaban J connectivity index is 2.17. The Morgan fingerprint density at radius 1 is 1.26 bits per heavy atom. The maximum absolute atomic E-state index is 12.5. The third-order valence-corrected chi connectivity index (χ3v) is 3.70. The summed E-state index contributed by atoms with van der Waals surface area (Å²) in [6.45, 7) is 5.80. The van der Waals surface area contributed by atoms with E-state index in [2.05, 4.69) is 5.32 Å². The Hall–Kier alpha value is -1.68. The molecule has 1 saturated heterocycles. The van der Waals surface area contributed by atoms with E-state index in [9.17, 15) is 9.59 Å². The molecule has 0 aliphatic carbocycles. The van der Waals surface area contributed by atoms with Crippen LogP contribution in [0.5, 0.6) is 0 Å². The lowest BCUT2D eigenvalue weighted by Crippen LogP contribution is -2.40. The van der Waals surface area contributed by atoms with Gasteiger partial charge >= 0.3 is 0 Å². The molecule has 1 aromatic rings. The molecule has 1 N–H and O–H groups in total. The van der Waals surface area contributed by atoms with Gasteiger partial charge in [0.2, 0.25) is 11.8 Å². The highest BCUT2D eigenvalue weighted by atomic mass is 16.2. The minimum Gasteiger partial charge on any atom is -0.315 e. The average Bonchev–Trinajstić information content (AvgIpc) is 2.64. The molecule has 19 heavy (non-hydrogen) atoms. The fourth-order valence-electron chi connectivity index (χ4n) is 2.51. The molecule has 4 heteroatoms. The summed E-state index contributed by atoms with van der Waals surface area (Å²) in [5.74, 6) is -0.157. The molecular formula is C15H20N2O2. The highest BCUT2D eigenvalue weighted by molar-refractivity contribution is 6.08. The summed E-state index contributed by atoms with van der Waals surface area (Å²) < 4.78 is 0. The van der Waals surface area contributed by atoms with Crippen molar-refractivity contribution in [1.82, 2.24) is 10.2 Å². The number of amides is 2. The maximum Gasteiger partial charge on any atom is 0.240 e. The van der Waals surface area contributed by atoms with E-state index in [0.29, 0.717) is 13.1 Å². The van der Waals surface area contributed by atoms with Crippen LogP contribution in [0.25, 0.3) is 0 Å². The van der Waals surface area contributed by atoms with Gasteiger partial charge in [0, 0.05) is 19.5 Å². The van der Waals surface area contributed by atoms with Crippen molar-refractivity contribution in [3.63, 3.8) is 0 Å². The van der Waals surface area contributed by atoms with Gasteiger partial charge in [-0.05, 0) is 19.0 Å². The first-order valence-corrected chi connectivity index (χ1v) is 6.70. The molecule has 4 nitrogen and oxygen atoms in total. The minimum atomic E-state index is -0.704. The number of benzene rings is 1. The SMILES string of the molecule is CCNCCN1C(=O)CC(C)(c2ccccc2)C1=O. The Kier molecular flexibility index (Phi) is 4.00. The van der Waals surface area contributed by atoms with Crippen molar-refractivity contribution in [2.24, 2.45) is 0 Å². The molecule has 0 aromatic heterocycles. The minimum absolute atomic E-state index is 0.0748. The zero-order valence-electron chi connectivity index (χ0n) is 11.5. The lowest BCUT2D eigenvalue weighted by atomic mass is 9.81. The Labute approximate surface area is 113 Å². The van der Waals surface area contributed by atoms with E-state index >= 15 is 0 Å². The number of likely N-dealkylation sites (tertiary alicyclic amines) is 1. The Bertz CT molecular complexity index is 472. The molecule has 1 aliphatic rings. The molecule has 102 valence electrons. The number of hydrogen-bond donors (Lipinski definition) is 1. The fourth-order valence-corrected chi connectivity index (χ4v) is 2.51. The number of nitrogens with one attached hydrogen (secondary N) is 1. The van der Waals surface area contributed by atoms with Gasteiger partial charge in [0.15, 0.2) is 0 Å². The van der Waals surface area contributed by atoms with Crippen LogP contribution in [0.3, 0.4) is 0 Å². The summed E-state index contributed by atoms with van der Waals surface area (Å²) in [7, 11) is 0. The Morgan fingerprint density at radius 2 is 1.95 bits per heavy atom. The first-order chi connectivity index (χ1) is 9.09. The van der Waals surface area contributed by atoms with Crippen molar-refractivity contribution in [1.29, 1.82) is 0 Å². The number of hydrogen-bond acceptors (Lipinski definition) is 3. The van der Waals surface area contributed by atoms with Crippen LogP contribution in [-0.4, -0.2) is 36.3 Å². The summed E-state index contributed by atoms with van der Waals surface area (Å²) in [6.07, 6.45) is 0.266. The van der Waals surface area contributed by atoms with Gasteiger partial charge in [-0.25, -0.2) is 0 Å². The van der Waals surface area contributed by atoms with Crippen LogP contribution in [0, 0.1) is 0 Å². The second-order valence-corrected chi connectivity index (χ2v) is 5.08. The topological polar surface area (TPSA) is 49.4 Å². The number of likely N-dealkylation sites (N-methyl/N-ethyl adjacent to an activating group) is 1. The quantitative estimate of drug-likeness (QED) is 0.641.